The normalized spacial score (nSPS) is 14.4. The number of carbonyl (C=O) groups excluding carboxylic acids is 2. The van der Waals surface area contributed by atoms with Crippen LogP contribution in [-0.2, 0) is 11.2 Å². The molecule has 0 bridgehead atoms. The number of anilines is 1. The number of benzene rings is 2. The number of nitrogens with zero attached hydrogens (tertiary/aromatic N) is 3. The molecule has 1 aliphatic heterocycles. The average Bonchev–Trinajstić information content (AvgIpc) is 3.32. The topological polar surface area (TPSA) is 69.3 Å². The quantitative estimate of drug-likeness (QED) is 0.633. The molecule has 7 heteroatoms. The summed E-state index contributed by atoms with van der Waals surface area (Å²) < 4.78 is 13.9. The van der Waals surface area contributed by atoms with Crippen molar-refractivity contribution in [1.29, 1.82) is 0 Å². The molecule has 1 N–H and O–H groups in total. The molecular weight excluding hydrogens is 407 g/mol. The van der Waals surface area contributed by atoms with E-state index in [9.17, 15) is 14.0 Å². The minimum atomic E-state index is -0.352. The summed E-state index contributed by atoms with van der Waals surface area (Å²) in [6.45, 7) is 3.64. The van der Waals surface area contributed by atoms with Gasteiger partial charge in [0.25, 0.3) is 5.91 Å². The van der Waals surface area contributed by atoms with Crippen LogP contribution in [0, 0.1) is 5.82 Å². The van der Waals surface area contributed by atoms with Crippen molar-refractivity contribution >= 4 is 17.5 Å². The number of para-hydroxylation sites is 1. The summed E-state index contributed by atoms with van der Waals surface area (Å²) in [6.07, 6.45) is 3.11. The predicted octanol–water partition coefficient (Wildman–Crippen LogP) is 4.16. The minimum Gasteiger partial charge on any atom is -0.342 e. The SMILES string of the molecule is CCN(C(=O)c1cn[nH]c1C1CCN(C(=O)Cc2ccccc2F)CC1)c1ccccc1. The zero-order valence-electron chi connectivity index (χ0n) is 18.1. The Kier molecular flexibility index (Phi) is 6.63. The number of piperidine rings is 1. The second kappa shape index (κ2) is 9.77. The van der Waals surface area contributed by atoms with Gasteiger partial charge in [0, 0.05) is 31.2 Å². The van der Waals surface area contributed by atoms with Crippen LogP contribution in [0.4, 0.5) is 10.1 Å². The van der Waals surface area contributed by atoms with Gasteiger partial charge in [-0.1, -0.05) is 36.4 Å². The summed E-state index contributed by atoms with van der Waals surface area (Å²) in [7, 11) is 0. The van der Waals surface area contributed by atoms with Crippen molar-refractivity contribution in [1.82, 2.24) is 15.1 Å². The van der Waals surface area contributed by atoms with E-state index in [1.54, 1.807) is 34.2 Å². The van der Waals surface area contributed by atoms with Gasteiger partial charge in [0.05, 0.1) is 23.9 Å². The molecule has 2 heterocycles. The van der Waals surface area contributed by atoms with Crippen molar-refractivity contribution < 1.29 is 14.0 Å². The summed E-state index contributed by atoms with van der Waals surface area (Å²) in [5.74, 6) is -0.394. The van der Waals surface area contributed by atoms with Crippen molar-refractivity contribution in [3.8, 4) is 0 Å². The minimum absolute atomic E-state index is 0.0632. The van der Waals surface area contributed by atoms with Crippen molar-refractivity contribution in [2.24, 2.45) is 0 Å². The van der Waals surface area contributed by atoms with Crippen LogP contribution in [0.15, 0.2) is 60.8 Å². The first-order chi connectivity index (χ1) is 15.6. The van der Waals surface area contributed by atoms with Crippen LogP contribution in [-0.4, -0.2) is 46.5 Å². The van der Waals surface area contributed by atoms with Crippen LogP contribution < -0.4 is 4.90 Å². The molecule has 0 atom stereocenters. The zero-order chi connectivity index (χ0) is 22.5. The molecule has 32 heavy (non-hydrogen) atoms. The van der Waals surface area contributed by atoms with Gasteiger partial charge < -0.3 is 9.80 Å². The Morgan fingerprint density at radius 1 is 1.09 bits per heavy atom. The standard InChI is InChI=1S/C25H27FN4O2/c1-2-30(20-9-4-3-5-10-20)25(32)21-17-27-28-24(21)18-12-14-29(15-13-18)23(31)16-19-8-6-7-11-22(19)26/h3-11,17-18H,2,12-16H2,1H3,(H,27,28). The number of amides is 2. The van der Waals surface area contributed by atoms with Gasteiger partial charge >= 0.3 is 0 Å². The highest BCUT2D eigenvalue weighted by Gasteiger charge is 2.29. The number of aromatic amines is 1. The number of halogens is 1. The maximum absolute atomic E-state index is 13.9. The fourth-order valence-corrected chi connectivity index (χ4v) is 4.31. The van der Waals surface area contributed by atoms with Crippen LogP contribution in [0.25, 0.3) is 0 Å². The number of rotatable bonds is 6. The Morgan fingerprint density at radius 2 is 1.78 bits per heavy atom. The number of likely N-dealkylation sites (tertiary alicyclic amines) is 1. The molecule has 166 valence electrons. The van der Waals surface area contributed by atoms with Crippen molar-refractivity contribution in [2.45, 2.75) is 32.1 Å². The number of aromatic nitrogens is 2. The number of hydrogen-bond acceptors (Lipinski definition) is 3. The van der Waals surface area contributed by atoms with Gasteiger partial charge in [-0.2, -0.15) is 5.10 Å². The highest BCUT2D eigenvalue weighted by molar-refractivity contribution is 6.06. The lowest BCUT2D eigenvalue weighted by Gasteiger charge is -2.32. The fourth-order valence-electron chi connectivity index (χ4n) is 4.31. The summed E-state index contributed by atoms with van der Waals surface area (Å²) in [5, 5.41) is 7.18. The van der Waals surface area contributed by atoms with Crippen LogP contribution >= 0.6 is 0 Å². The Hall–Kier alpha value is -3.48. The highest BCUT2D eigenvalue weighted by Crippen LogP contribution is 2.30. The van der Waals surface area contributed by atoms with E-state index < -0.39 is 0 Å². The molecule has 6 nitrogen and oxygen atoms in total. The molecule has 2 aromatic carbocycles. The molecule has 3 aromatic rings. The molecule has 2 amide bonds. The second-order valence-corrected chi connectivity index (χ2v) is 8.01. The van der Waals surface area contributed by atoms with E-state index in [1.807, 2.05) is 37.3 Å². The van der Waals surface area contributed by atoms with Crippen molar-refractivity contribution in [3.63, 3.8) is 0 Å². The Bertz CT molecular complexity index is 1070. The van der Waals surface area contributed by atoms with Gasteiger partial charge in [-0.25, -0.2) is 4.39 Å². The van der Waals surface area contributed by atoms with E-state index in [0.29, 0.717) is 30.8 Å². The van der Waals surface area contributed by atoms with Gasteiger partial charge in [0.15, 0.2) is 0 Å². The monoisotopic (exact) mass is 434 g/mol. The molecule has 1 aliphatic rings. The fraction of sp³-hybridized carbons (Fsp3) is 0.320. The second-order valence-electron chi connectivity index (χ2n) is 8.01. The zero-order valence-corrected chi connectivity index (χ0v) is 18.1. The first-order valence-corrected chi connectivity index (χ1v) is 11.0. The molecule has 0 aliphatic carbocycles. The first-order valence-electron chi connectivity index (χ1n) is 11.0. The van der Waals surface area contributed by atoms with Crippen molar-refractivity contribution in [3.05, 3.63) is 83.4 Å². The molecular formula is C25H27FN4O2. The van der Waals surface area contributed by atoms with E-state index in [0.717, 1.165) is 24.2 Å². The molecule has 0 spiro atoms. The van der Waals surface area contributed by atoms with Crippen LogP contribution in [0.3, 0.4) is 0 Å². The van der Waals surface area contributed by atoms with E-state index in [2.05, 4.69) is 10.2 Å². The maximum Gasteiger partial charge on any atom is 0.261 e. The predicted molar refractivity (Wildman–Crippen MR) is 121 cm³/mol. The van der Waals surface area contributed by atoms with E-state index in [1.165, 1.54) is 6.07 Å². The summed E-state index contributed by atoms with van der Waals surface area (Å²) in [6, 6.07) is 16.0. The summed E-state index contributed by atoms with van der Waals surface area (Å²) >= 11 is 0. The number of hydrogen-bond donors (Lipinski definition) is 1. The maximum atomic E-state index is 13.9. The highest BCUT2D eigenvalue weighted by atomic mass is 19.1. The largest absolute Gasteiger partial charge is 0.342 e. The molecule has 1 aromatic heterocycles. The summed E-state index contributed by atoms with van der Waals surface area (Å²) in [5.41, 5.74) is 2.67. The Labute approximate surface area is 187 Å². The molecule has 0 unspecified atom stereocenters. The molecule has 0 saturated carbocycles. The van der Waals surface area contributed by atoms with Gasteiger partial charge in [0.1, 0.15) is 5.82 Å². The first kappa shape index (κ1) is 21.7. The summed E-state index contributed by atoms with van der Waals surface area (Å²) in [4.78, 5) is 29.4. The third-order valence-corrected chi connectivity index (χ3v) is 6.08. The molecule has 1 saturated heterocycles. The third kappa shape index (κ3) is 4.56. The van der Waals surface area contributed by atoms with E-state index >= 15 is 0 Å². The lowest BCUT2D eigenvalue weighted by Crippen LogP contribution is -2.39. The molecule has 0 radical (unpaired) electrons. The van der Waals surface area contributed by atoms with Crippen molar-refractivity contribution in [2.75, 3.05) is 24.5 Å². The Morgan fingerprint density at radius 3 is 2.47 bits per heavy atom. The lowest BCUT2D eigenvalue weighted by atomic mass is 9.90. The third-order valence-electron chi connectivity index (χ3n) is 6.08. The van der Waals surface area contributed by atoms with E-state index in [-0.39, 0.29) is 30.0 Å². The van der Waals surface area contributed by atoms with Crippen LogP contribution in [0.1, 0.15) is 47.3 Å². The number of carbonyl (C=O) groups is 2. The lowest BCUT2D eigenvalue weighted by molar-refractivity contribution is -0.131. The number of H-pyrrole nitrogens is 1. The average molecular weight is 435 g/mol. The molecule has 4 rings (SSSR count). The molecule has 1 fully saturated rings. The van der Waals surface area contributed by atoms with Gasteiger partial charge in [-0.15, -0.1) is 0 Å². The van der Waals surface area contributed by atoms with Gasteiger partial charge in [-0.05, 0) is 43.5 Å². The van der Waals surface area contributed by atoms with Crippen LogP contribution in [0.5, 0.6) is 0 Å². The Balaban J connectivity index is 1.42. The van der Waals surface area contributed by atoms with E-state index in [4.69, 9.17) is 0 Å². The van der Waals surface area contributed by atoms with Gasteiger partial charge in [0.2, 0.25) is 5.91 Å². The number of nitrogens with one attached hydrogen (secondary N) is 1. The van der Waals surface area contributed by atoms with Gasteiger partial charge in [-0.3, -0.25) is 14.7 Å². The smallest absolute Gasteiger partial charge is 0.261 e. The van der Waals surface area contributed by atoms with Crippen LogP contribution in [0.2, 0.25) is 0 Å².